The average Bonchev–Trinajstić information content (AvgIpc) is 2.19. The van der Waals surface area contributed by atoms with Gasteiger partial charge in [-0.05, 0) is 25.5 Å². The van der Waals surface area contributed by atoms with E-state index in [0.29, 0.717) is 6.61 Å². The van der Waals surface area contributed by atoms with Gasteiger partial charge in [-0.3, -0.25) is 4.98 Å². The summed E-state index contributed by atoms with van der Waals surface area (Å²) in [5, 5.41) is 3.96. The first-order chi connectivity index (χ1) is 6.34. The van der Waals surface area contributed by atoms with Gasteiger partial charge in [-0.15, -0.1) is 12.4 Å². The standard InChI is InChI=1S/C10H14N2O.ClH/c1-3-7-13-12-9(2)10-5-4-6-11-8-10;/h4-6,8H,3,7H2,1-2H3;1H/b12-9+;. The number of aromatic nitrogens is 1. The molecule has 0 aliphatic carbocycles. The molecule has 0 aromatic carbocycles. The second kappa shape index (κ2) is 7.33. The Balaban J connectivity index is 0.00000169. The maximum Gasteiger partial charge on any atom is 0.116 e. The maximum absolute atomic E-state index is 5.06. The van der Waals surface area contributed by atoms with Crippen molar-refractivity contribution < 1.29 is 4.84 Å². The molecule has 0 bridgehead atoms. The van der Waals surface area contributed by atoms with E-state index in [1.807, 2.05) is 19.1 Å². The van der Waals surface area contributed by atoms with Gasteiger partial charge in [0.2, 0.25) is 0 Å². The number of halogens is 1. The van der Waals surface area contributed by atoms with E-state index in [4.69, 9.17) is 4.84 Å². The molecule has 0 saturated carbocycles. The molecule has 1 rings (SSSR count). The highest BCUT2D eigenvalue weighted by Gasteiger charge is 1.95. The first-order valence-corrected chi connectivity index (χ1v) is 4.41. The van der Waals surface area contributed by atoms with Crippen molar-refractivity contribution in [2.75, 3.05) is 6.61 Å². The Morgan fingerprint density at radius 2 is 2.36 bits per heavy atom. The fourth-order valence-electron chi connectivity index (χ4n) is 0.863. The number of hydrogen-bond acceptors (Lipinski definition) is 3. The van der Waals surface area contributed by atoms with Gasteiger partial charge in [-0.25, -0.2) is 0 Å². The maximum atomic E-state index is 5.06. The molecule has 0 fully saturated rings. The Bertz CT molecular complexity index is 275. The fraction of sp³-hybridized carbons (Fsp3) is 0.400. The van der Waals surface area contributed by atoms with E-state index < -0.39 is 0 Å². The first kappa shape index (κ1) is 12.9. The van der Waals surface area contributed by atoms with Gasteiger partial charge in [0, 0.05) is 18.0 Å². The van der Waals surface area contributed by atoms with Gasteiger partial charge >= 0.3 is 0 Å². The molecule has 0 aliphatic heterocycles. The molecule has 0 N–H and O–H groups in total. The number of nitrogens with zero attached hydrogens (tertiary/aromatic N) is 2. The predicted octanol–water partition coefficient (Wildman–Crippen LogP) is 2.65. The van der Waals surface area contributed by atoms with Crippen LogP contribution in [0.2, 0.25) is 0 Å². The average molecular weight is 215 g/mol. The van der Waals surface area contributed by atoms with E-state index in [1.165, 1.54) is 0 Å². The second-order valence-electron chi connectivity index (χ2n) is 2.75. The zero-order valence-corrected chi connectivity index (χ0v) is 9.25. The van der Waals surface area contributed by atoms with Crippen molar-refractivity contribution >= 4 is 18.1 Å². The molecule has 0 atom stereocenters. The van der Waals surface area contributed by atoms with E-state index in [2.05, 4.69) is 17.1 Å². The van der Waals surface area contributed by atoms with Crippen LogP contribution >= 0.6 is 12.4 Å². The molecule has 0 aliphatic rings. The van der Waals surface area contributed by atoms with E-state index in [1.54, 1.807) is 12.4 Å². The summed E-state index contributed by atoms with van der Waals surface area (Å²) in [5.41, 5.74) is 1.86. The summed E-state index contributed by atoms with van der Waals surface area (Å²) in [5.74, 6) is 0. The van der Waals surface area contributed by atoms with E-state index in [9.17, 15) is 0 Å². The molecule has 78 valence electrons. The molecule has 0 saturated heterocycles. The number of pyridine rings is 1. The summed E-state index contributed by atoms with van der Waals surface area (Å²) in [4.78, 5) is 9.06. The van der Waals surface area contributed by atoms with Crippen LogP contribution in [-0.2, 0) is 4.84 Å². The molecular weight excluding hydrogens is 200 g/mol. The third-order valence-electron chi connectivity index (χ3n) is 1.58. The zero-order chi connectivity index (χ0) is 9.52. The molecule has 3 nitrogen and oxygen atoms in total. The van der Waals surface area contributed by atoms with Crippen LogP contribution in [0.25, 0.3) is 0 Å². The molecule has 1 heterocycles. The molecule has 0 radical (unpaired) electrons. The summed E-state index contributed by atoms with van der Waals surface area (Å²) in [6.45, 7) is 4.62. The molecule has 0 unspecified atom stereocenters. The van der Waals surface area contributed by atoms with Crippen molar-refractivity contribution in [3.8, 4) is 0 Å². The lowest BCUT2D eigenvalue weighted by Gasteiger charge is -1.99. The molecule has 4 heteroatoms. The van der Waals surface area contributed by atoms with E-state index in [-0.39, 0.29) is 12.4 Å². The van der Waals surface area contributed by atoms with Gasteiger partial charge in [0.1, 0.15) is 6.61 Å². The normalized spacial score (nSPS) is 10.6. The molecule has 0 spiro atoms. The fourth-order valence-corrected chi connectivity index (χ4v) is 0.863. The molecular formula is C10H15ClN2O. The number of oxime groups is 1. The summed E-state index contributed by atoms with van der Waals surface area (Å²) in [6, 6.07) is 3.84. The SMILES string of the molecule is CCCO/N=C(\C)c1cccnc1.Cl. The summed E-state index contributed by atoms with van der Waals surface area (Å²) in [7, 11) is 0. The lowest BCUT2D eigenvalue weighted by atomic mass is 10.2. The second-order valence-corrected chi connectivity index (χ2v) is 2.75. The highest BCUT2D eigenvalue weighted by molar-refractivity contribution is 5.97. The smallest absolute Gasteiger partial charge is 0.116 e. The van der Waals surface area contributed by atoms with Gasteiger partial charge in [0.25, 0.3) is 0 Å². The van der Waals surface area contributed by atoms with E-state index >= 15 is 0 Å². The Kier molecular flexibility index (Phi) is 6.76. The highest BCUT2D eigenvalue weighted by Crippen LogP contribution is 1.98. The van der Waals surface area contributed by atoms with Crippen LogP contribution in [-0.4, -0.2) is 17.3 Å². The minimum absolute atomic E-state index is 0. The monoisotopic (exact) mass is 214 g/mol. The van der Waals surface area contributed by atoms with Crippen LogP contribution in [0.3, 0.4) is 0 Å². The number of rotatable bonds is 4. The minimum atomic E-state index is 0. The molecule has 0 amide bonds. The van der Waals surface area contributed by atoms with Gasteiger partial charge in [0.15, 0.2) is 0 Å². The Morgan fingerprint density at radius 3 is 2.93 bits per heavy atom. The predicted molar refractivity (Wildman–Crippen MR) is 59.9 cm³/mol. The van der Waals surface area contributed by atoms with Crippen molar-refractivity contribution in [3.05, 3.63) is 30.1 Å². The largest absolute Gasteiger partial charge is 0.396 e. The lowest BCUT2D eigenvalue weighted by molar-refractivity contribution is 0.145. The summed E-state index contributed by atoms with van der Waals surface area (Å²) < 4.78 is 0. The van der Waals surface area contributed by atoms with Gasteiger partial charge < -0.3 is 4.84 Å². The number of hydrogen-bond donors (Lipinski definition) is 0. The summed E-state index contributed by atoms with van der Waals surface area (Å²) in [6.07, 6.45) is 4.49. The molecule has 1 aromatic heterocycles. The third-order valence-corrected chi connectivity index (χ3v) is 1.58. The van der Waals surface area contributed by atoms with Gasteiger partial charge in [-0.2, -0.15) is 0 Å². The molecule has 1 aromatic rings. The zero-order valence-electron chi connectivity index (χ0n) is 8.43. The minimum Gasteiger partial charge on any atom is -0.396 e. The third kappa shape index (κ3) is 4.23. The first-order valence-electron chi connectivity index (χ1n) is 4.41. The van der Waals surface area contributed by atoms with Crippen LogP contribution < -0.4 is 0 Å². The molecule has 14 heavy (non-hydrogen) atoms. The van der Waals surface area contributed by atoms with Crippen molar-refractivity contribution in [1.82, 2.24) is 4.98 Å². The van der Waals surface area contributed by atoms with Crippen LogP contribution in [0.15, 0.2) is 29.7 Å². The van der Waals surface area contributed by atoms with Crippen molar-refractivity contribution in [3.63, 3.8) is 0 Å². The lowest BCUT2D eigenvalue weighted by Crippen LogP contribution is -1.97. The topological polar surface area (TPSA) is 34.5 Å². The van der Waals surface area contributed by atoms with Crippen molar-refractivity contribution in [1.29, 1.82) is 0 Å². The van der Waals surface area contributed by atoms with Crippen LogP contribution in [0.1, 0.15) is 25.8 Å². The quantitative estimate of drug-likeness (QED) is 0.439. The highest BCUT2D eigenvalue weighted by atomic mass is 35.5. The van der Waals surface area contributed by atoms with Gasteiger partial charge in [-0.1, -0.05) is 12.1 Å². The Labute approximate surface area is 90.6 Å². The van der Waals surface area contributed by atoms with Crippen LogP contribution in [0.4, 0.5) is 0 Å². The van der Waals surface area contributed by atoms with Crippen LogP contribution in [0, 0.1) is 0 Å². The summed E-state index contributed by atoms with van der Waals surface area (Å²) >= 11 is 0. The van der Waals surface area contributed by atoms with Gasteiger partial charge in [0.05, 0.1) is 5.71 Å². The van der Waals surface area contributed by atoms with Crippen molar-refractivity contribution in [2.24, 2.45) is 5.16 Å². The van der Waals surface area contributed by atoms with E-state index in [0.717, 1.165) is 17.7 Å². The Morgan fingerprint density at radius 1 is 1.57 bits per heavy atom. The van der Waals surface area contributed by atoms with Crippen LogP contribution in [0.5, 0.6) is 0 Å². The Hall–Kier alpha value is -1.09. The van der Waals surface area contributed by atoms with Crippen molar-refractivity contribution in [2.45, 2.75) is 20.3 Å².